The highest BCUT2D eigenvalue weighted by atomic mass is 32.1. The van der Waals surface area contributed by atoms with Crippen LogP contribution in [0.1, 0.15) is 30.1 Å². The minimum Gasteiger partial charge on any atom is -0.322 e. The second-order valence-electron chi connectivity index (χ2n) is 5.48. The molecule has 2 rings (SSSR count). The average Bonchev–Trinajstić information content (AvgIpc) is 3.08. The van der Waals surface area contributed by atoms with Crippen LogP contribution in [-0.2, 0) is 17.8 Å². The Balaban J connectivity index is 1.84. The molecule has 5 nitrogen and oxygen atoms in total. The second kappa shape index (κ2) is 7.56. The van der Waals surface area contributed by atoms with Crippen molar-refractivity contribution in [1.82, 2.24) is 15.1 Å². The molecule has 0 radical (unpaired) electrons. The summed E-state index contributed by atoms with van der Waals surface area (Å²) >= 11 is 1.75. The van der Waals surface area contributed by atoms with Gasteiger partial charge < -0.3 is 10.6 Å². The first kappa shape index (κ1) is 16.7. The first-order chi connectivity index (χ1) is 10.5. The number of thiophene rings is 1. The maximum atomic E-state index is 12.1. The summed E-state index contributed by atoms with van der Waals surface area (Å²) < 4.78 is 1.90. The summed E-state index contributed by atoms with van der Waals surface area (Å²) in [6.07, 6.45) is 0.941. The number of nitrogens with one attached hydrogen (secondary N) is 2. The predicted octanol–water partition coefficient (Wildman–Crippen LogP) is 2.74. The van der Waals surface area contributed by atoms with E-state index in [9.17, 15) is 4.79 Å². The SMILES string of the molecule is CCn1nc(C)c(NC(=O)CNC(C)Cc2cccs2)c1C. The van der Waals surface area contributed by atoms with E-state index >= 15 is 0 Å². The Hall–Kier alpha value is -1.66. The number of carbonyl (C=O) groups excluding carboxylic acids is 1. The van der Waals surface area contributed by atoms with Crippen molar-refractivity contribution in [2.24, 2.45) is 0 Å². The van der Waals surface area contributed by atoms with Gasteiger partial charge >= 0.3 is 0 Å². The lowest BCUT2D eigenvalue weighted by Gasteiger charge is -2.13. The average molecular weight is 320 g/mol. The van der Waals surface area contributed by atoms with Crippen molar-refractivity contribution in [3.05, 3.63) is 33.8 Å². The summed E-state index contributed by atoms with van der Waals surface area (Å²) in [5.74, 6) is -0.0279. The van der Waals surface area contributed by atoms with Crippen molar-refractivity contribution in [3.63, 3.8) is 0 Å². The van der Waals surface area contributed by atoms with E-state index in [1.807, 2.05) is 25.5 Å². The zero-order chi connectivity index (χ0) is 16.1. The lowest BCUT2D eigenvalue weighted by atomic mass is 10.2. The monoisotopic (exact) mass is 320 g/mol. The molecule has 2 heterocycles. The maximum absolute atomic E-state index is 12.1. The lowest BCUT2D eigenvalue weighted by molar-refractivity contribution is -0.115. The molecule has 0 aliphatic heterocycles. The Kier molecular flexibility index (Phi) is 5.74. The van der Waals surface area contributed by atoms with Crippen LogP contribution in [0, 0.1) is 13.8 Å². The van der Waals surface area contributed by atoms with Crippen molar-refractivity contribution >= 4 is 22.9 Å². The van der Waals surface area contributed by atoms with E-state index in [0.29, 0.717) is 6.54 Å². The van der Waals surface area contributed by atoms with Gasteiger partial charge in [-0.2, -0.15) is 5.10 Å². The highest BCUT2D eigenvalue weighted by Gasteiger charge is 2.14. The van der Waals surface area contributed by atoms with Gasteiger partial charge in [0.2, 0.25) is 5.91 Å². The Morgan fingerprint density at radius 1 is 1.45 bits per heavy atom. The first-order valence-corrected chi connectivity index (χ1v) is 8.48. The van der Waals surface area contributed by atoms with E-state index < -0.39 is 0 Å². The zero-order valence-electron chi connectivity index (χ0n) is 13.6. The smallest absolute Gasteiger partial charge is 0.238 e. The molecular weight excluding hydrogens is 296 g/mol. The van der Waals surface area contributed by atoms with Crippen LogP contribution < -0.4 is 10.6 Å². The molecule has 1 unspecified atom stereocenters. The van der Waals surface area contributed by atoms with Gasteiger partial charge in [0.15, 0.2) is 0 Å². The van der Waals surface area contributed by atoms with Gasteiger partial charge in [0.25, 0.3) is 0 Å². The third-order valence-electron chi connectivity index (χ3n) is 3.64. The predicted molar refractivity (Wildman–Crippen MR) is 91.5 cm³/mol. The Labute approximate surface area is 135 Å². The molecule has 0 aromatic carbocycles. The number of carbonyl (C=O) groups is 1. The Bertz CT molecular complexity index is 618. The van der Waals surface area contributed by atoms with Crippen LogP contribution >= 0.6 is 11.3 Å². The number of nitrogens with zero attached hydrogens (tertiary/aromatic N) is 2. The number of amides is 1. The van der Waals surface area contributed by atoms with E-state index in [1.54, 1.807) is 11.3 Å². The molecule has 0 aliphatic rings. The minimum absolute atomic E-state index is 0.0279. The molecule has 120 valence electrons. The summed E-state index contributed by atoms with van der Waals surface area (Å²) in [4.78, 5) is 13.4. The van der Waals surface area contributed by atoms with Gasteiger partial charge in [0.05, 0.1) is 23.6 Å². The van der Waals surface area contributed by atoms with Gasteiger partial charge in [-0.1, -0.05) is 6.07 Å². The summed E-state index contributed by atoms with van der Waals surface area (Å²) in [5.41, 5.74) is 2.69. The number of anilines is 1. The van der Waals surface area contributed by atoms with Crippen LogP contribution in [0.5, 0.6) is 0 Å². The quantitative estimate of drug-likeness (QED) is 0.825. The second-order valence-corrected chi connectivity index (χ2v) is 6.51. The van der Waals surface area contributed by atoms with Gasteiger partial charge in [-0.05, 0) is 45.6 Å². The van der Waals surface area contributed by atoms with Gasteiger partial charge in [-0.3, -0.25) is 9.48 Å². The molecule has 0 aliphatic carbocycles. The van der Waals surface area contributed by atoms with E-state index in [-0.39, 0.29) is 11.9 Å². The summed E-state index contributed by atoms with van der Waals surface area (Å²) in [6, 6.07) is 4.44. The normalized spacial score (nSPS) is 12.4. The van der Waals surface area contributed by atoms with Crippen molar-refractivity contribution in [3.8, 4) is 0 Å². The summed E-state index contributed by atoms with van der Waals surface area (Å²) in [6.45, 7) is 9.15. The van der Waals surface area contributed by atoms with Crippen LogP contribution in [0.4, 0.5) is 5.69 Å². The molecule has 1 atom stereocenters. The lowest BCUT2D eigenvalue weighted by Crippen LogP contribution is -2.35. The van der Waals surface area contributed by atoms with Crippen molar-refractivity contribution in [2.75, 3.05) is 11.9 Å². The number of aromatic nitrogens is 2. The highest BCUT2D eigenvalue weighted by molar-refractivity contribution is 7.09. The molecule has 0 saturated heterocycles. The third kappa shape index (κ3) is 4.18. The molecule has 2 aromatic rings. The standard InChI is InChI=1S/C16H24N4OS/c1-5-20-13(4)16(12(3)19-20)18-15(21)10-17-11(2)9-14-7-6-8-22-14/h6-8,11,17H,5,9-10H2,1-4H3,(H,18,21). The van der Waals surface area contributed by atoms with Crippen LogP contribution in [0.25, 0.3) is 0 Å². The van der Waals surface area contributed by atoms with Gasteiger partial charge in [0, 0.05) is 17.5 Å². The van der Waals surface area contributed by atoms with Crippen LogP contribution in [0.15, 0.2) is 17.5 Å². The van der Waals surface area contributed by atoms with E-state index in [2.05, 4.69) is 40.2 Å². The topological polar surface area (TPSA) is 59.0 Å². The third-order valence-corrected chi connectivity index (χ3v) is 4.54. The molecule has 6 heteroatoms. The van der Waals surface area contributed by atoms with E-state index in [4.69, 9.17) is 0 Å². The fourth-order valence-corrected chi connectivity index (χ4v) is 3.27. The van der Waals surface area contributed by atoms with Crippen molar-refractivity contribution < 1.29 is 4.79 Å². The van der Waals surface area contributed by atoms with Crippen LogP contribution in [0.2, 0.25) is 0 Å². The molecule has 0 fully saturated rings. The van der Waals surface area contributed by atoms with Gasteiger partial charge in [-0.15, -0.1) is 11.3 Å². The minimum atomic E-state index is -0.0279. The Morgan fingerprint density at radius 3 is 2.82 bits per heavy atom. The molecule has 0 saturated carbocycles. The highest BCUT2D eigenvalue weighted by Crippen LogP contribution is 2.19. The van der Waals surface area contributed by atoms with Gasteiger partial charge in [-0.25, -0.2) is 0 Å². The molecule has 2 N–H and O–H groups in total. The zero-order valence-corrected chi connectivity index (χ0v) is 14.5. The molecule has 2 aromatic heterocycles. The fraction of sp³-hybridized carbons (Fsp3) is 0.500. The summed E-state index contributed by atoms with van der Waals surface area (Å²) in [7, 11) is 0. The molecule has 22 heavy (non-hydrogen) atoms. The fourth-order valence-electron chi connectivity index (χ4n) is 2.44. The Morgan fingerprint density at radius 2 is 2.23 bits per heavy atom. The number of rotatable bonds is 7. The summed E-state index contributed by atoms with van der Waals surface area (Å²) in [5, 5.41) is 12.7. The van der Waals surface area contributed by atoms with Crippen LogP contribution in [0.3, 0.4) is 0 Å². The van der Waals surface area contributed by atoms with Crippen molar-refractivity contribution in [2.45, 2.75) is 46.7 Å². The molecule has 0 bridgehead atoms. The van der Waals surface area contributed by atoms with E-state index in [0.717, 1.165) is 30.0 Å². The maximum Gasteiger partial charge on any atom is 0.238 e. The molecule has 1 amide bonds. The number of hydrogen-bond donors (Lipinski definition) is 2. The van der Waals surface area contributed by atoms with E-state index in [1.165, 1.54) is 4.88 Å². The first-order valence-electron chi connectivity index (χ1n) is 7.60. The van der Waals surface area contributed by atoms with Crippen molar-refractivity contribution in [1.29, 1.82) is 0 Å². The number of aryl methyl sites for hydroxylation is 2. The number of hydrogen-bond acceptors (Lipinski definition) is 4. The van der Waals surface area contributed by atoms with Gasteiger partial charge in [0.1, 0.15) is 0 Å². The molecular formula is C16H24N4OS. The largest absolute Gasteiger partial charge is 0.322 e. The molecule has 0 spiro atoms. The van der Waals surface area contributed by atoms with Crippen LogP contribution in [-0.4, -0.2) is 28.3 Å².